The number of carbonyl (C=O) groups excluding carboxylic acids is 1. The number of benzene rings is 1. The second-order valence-corrected chi connectivity index (χ2v) is 7.83. The van der Waals surface area contributed by atoms with Gasteiger partial charge in [0, 0.05) is 18.0 Å². The van der Waals surface area contributed by atoms with E-state index < -0.39 is 0 Å². The van der Waals surface area contributed by atoms with E-state index in [0.29, 0.717) is 5.37 Å². The first-order valence-electron chi connectivity index (χ1n) is 9.08. The predicted molar refractivity (Wildman–Crippen MR) is 96.9 cm³/mol. The number of likely N-dealkylation sites (tertiary alicyclic amines) is 1. The highest BCUT2D eigenvalue weighted by Gasteiger charge is 2.32. The summed E-state index contributed by atoms with van der Waals surface area (Å²) in [5.74, 6) is 0.234. The van der Waals surface area contributed by atoms with Crippen LogP contribution in [0.2, 0.25) is 0 Å². The first-order valence-corrected chi connectivity index (χ1v) is 9.96. The van der Waals surface area contributed by atoms with Crippen molar-refractivity contribution in [3.05, 3.63) is 29.8 Å². The van der Waals surface area contributed by atoms with Gasteiger partial charge < -0.3 is 9.80 Å². The summed E-state index contributed by atoms with van der Waals surface area (Å²) in [6, 6.07) is 8.10. The number of unbranched alkanes of at least 4 members (excludes halogenated alkanes) is 1. The molecule has 4 heteroatoms. The first-order chi connectivity index (χ1) is 11.3. The molecule has 126 valence electrons. The van der Waals surface area contributed by atoms with Gasteiger partial charge in [-0.25, -0.2) is 0 Å². The van der Waals surface area contributed by atoms with Crippen LogP contribution in [-0.4, -0.2) is 47.3 Å². The van der Waals surface area contributed by atoms with E-state index in [-0.39, 0.29) is 5.91 Å². The number of thioether (sulfide) groups is 1. The van der Waals surface area contributed by atoms with Crippen LogP contribution >= 0.6 is 11.8 Å². The van der Waals surface area contributed by atoms with Crippen molar-refractivity contribution >= 4 is 17.7 Å². The lowest BCUT2D eigenvalue weighted by Gasteiger charge is -2.38. The van der Waals surface area contributed by atoms with Crippen LogP contribution in [0.1, 0.15) is 55.8 Å². The van der Waals surface area contributed by atoms with Crippen LogP contribution in [0.5, 0.6) is 0 Å². The molecule has 3 rings (SSSR count). The molecule has 2 heterocycles. The maximum Gasteiger partial charge on any atom is 0.255 e. The van der Waals surface area contributed by atoms with Crippen LogP contribution in [0.4, 0.5) is 0 Å². The molecule has 23 heavy (non-hydrogen) atoms. The Hall–Kier alpha value is -1.00. The highest BCUT2D eigenvalue weighted by Crippen LogP contribution is 2.37. The number of nitrogens with zero attached hydrogens (tertiary/aromatic N) is 2. The molecular formula is C19H28N2OS. The lowest BCUT2D eigenvalue weighted by atomic mass is 10.1. The molecule has 0 N–H and O–H groups in total. The summed E-state index contributed by atoms with van der Waals surface area (Å²) in [4.78, 5) is 18.8. The number of piperidine rings is 1. The second kappa shape index (κ2) is 8.20. The molecule has 2 aliphatic rings. The molecule has 1 amide bonds. The van der Waals surface area contributed by atoms with Crippen LogP contribution in [0.15, 0.2) is 29.2 Å². The highest BCUT2D eigenvalue weighted by atomic mass is 32.2. The molecular weight excluding hydrogens is 304 g/mol. The molecule has 0 radical (unpaired) electrons. The first kappa shape index (κ1) is 16.8. The molecule has 0 bridgehead atoms. The maximum atomic E-state index is 13.0. The molecule has 1 atom stereocenters. The zero-order valence-corrected chi connectivity index (χ0v) is 15.0. The van der Waals surface area contributed by atoms with Gasteiger partial charge in [0.1, 0.15) is 0 Å². The summed E-state index contributed by atoms with van der Waals surface area (Å²) in [7, 11) is 0. The van der Waals surface area contributed by atoms with Crippen molar-refractivity contribution in [2.75, 3.05) is 26.2 Å². The average molecular weight is 333 g/mol. The van der Waals surface area contributed by atoms with E-state index in [1.165, 1.54) is 45.2 Å². The third kappa shape index (κ3) is 4.10. The topological polar surface area (TPSA) is 23.6 Å². The second-order valence-electron chi connectivity index (χ2n) is 6.61. The van der Waals surface area contributed by atoms with Crippen molar-refractivity contribution in [1.82, 2.24) is 9.80 Å². The zero-order chi connectivity index (χ0) is 16.1. The monoisotopic (exact) mass is 332 g/mol. The SMILES string of the molecule is CCCCC1Sc2ccccc2C(=O)N1CCN1CCCCC1. The summed E-state index contributed by atoms with van der Waals surface area (Å²) in [6.07, 6.45) is 7.46. The fourth-order valence-corrected chi connectivity index (χ4v) is 4.86. The molecule has 2 aliphatic heterocycles. The molecule has 0 aromatic heterocycles. The summed E-state index contributed by atoms with van der Waals surface area (Å²) in [5, 5.41) is 0.308. The van der Waals surface area contributed by atoms with Crippen molar-refractivity contribution in [3.63, 3.8) is 0 Å². The van der Waals surface area contributed by atoms with Crippen molar-refractivity contribution in [1.29, 1.82) is 0 Å². The predicted octanol–water partition coefficient (Wildman–Crippen LogP) is 4.24. The molecule has 0 saturated carbocycles. The van der Waals surface area contributed by atoms with E-state index in [1.807, 2.05) is 30.0 Å². The van der Waals surface area contributed by atoms with E-state index in [1.54, 1.807) is 0 Å². The quantitative estimate of drug-likeness (QED) is 0.778. The summed E-state index contributed by atoms with van der Waals surface area (Å²) in [5.41, 5.74) is 0.892. The fourth-order valence-electron chi connectivity index (χ4n) is 3.51. The molecule has 1 fully saturated rings. The van der Waals surface area contributed by atoms with Gasteiger partial charge in [0.2, 0.25) is 0 Å². The standard InChI is InChI=1S/C19H28N2OS/c1-2-3-11-18-21(15-14-20-12-7-4-8-13-20)19(22)16-9-5-6-10-17(16)23-18/h5-6,9-10,18H,2-4,7-8,11-15H2,1H3. The highest BCUT2D eigenvalue weighted by molar-refractivity contribution is 8.00. The zero-order valence-electron chi connectivity index (χ0n) is 14.2. The Balaban J connectivity index is 1.70. The average Bonchev–Trinajstić information content (AvgIpc) is 2.60. The van der Waals surface area contributed by atoms with Crippen molar-refractivity contribution in [2.24, 2.45) is 0 Å². The van der Waals surface area contributed by atoms with Crippen LogP contribution in [0.3, 0.4) is 0 Å². The van der Waals surface area contributed by atoms with Crippen molar-refractivity contribution < 1.29 is 4.79 Å². The number of rotatable bonds is 6. The van der Waals surface area contributed by atoms with Gasteiger partial charge >= 0.3 is 0 Å². The number of carbonyl (C=O) groups is 1. The van der Waals surface area contributed by atoms with E-state index >= 15 is 0 Å². The Bertz CT molecular complexity index is 528. The third-order valence-electron chi connectivity index (χ3n) is 4.90. The Labute approximate surface area is 144 Å². The van der Waals surface area contributed by atoms with E-state index in [4.69, 9.17) is 0 Å². The van der Waals surface area contributed by atoms with Gasteiger partial charge in [0.25, 0.3) is 5.91 Å². The van der Waals surface area contributed by atoms with Gasteiger partial charge in [-0.05, 0) is 44.5 Å². The molecule has 3 nitrogen and oxygen atoms in total. The normalized spacial score (nSPS) is 22.2. The Morgan fingerprint density at radius 3 is 2.70 bits per heavy atom. The molecule has 0 aliphatic carbocycles. The van der Waals surface area contributed by atoms with Gasteiger partial charge in [0.05, 0.1) is 10.9 Å². The van der Waals surface area contributed by atoms with Gasteiger partial charge in [-0.1, -0.05) is 38.3 Å². The Kier molecular flexibility index (Phi) is 6.01. The molecule has 1 aromatic rings. The molecule has 1 aromatic carbocycles. The van der Waals surface area contributed by atoms with Crippen LogP contribution < -0.4 is 0 Å². The van der Waals surface area contributed by atoms with E-state index in [0.717, 1.165) is 30.0 Å². The van der Waals surface area contributed by atoms with Gasteiger partial charge in [-0.3, -0.25) is 4.79 Å². The molecule has 1 saturated heterocycles. The largest absolute Gasteiger partial charge is 0.325 e. The molecule has 1 unspecified atom stereocenters. The summed E-state index contributed by atoms with van der Waals surface area (Å²) >= 11 is 1.88. The number of amides is 1. The number of fused-ring (bicyclic) bond motifs is 1. The summed E-state index contributed by atoms with van der Waals surface area (Å²) in [6.45, 7) is 6.52. The lowest BCUT2D eigenvalue weighted by Crippen LogP contribution is -2.46. The smallest absolute Gasteiger partial charge is 0.255 e. The van der Waals surface area contributed by atoms with Gasteiger partial charge in [-0.15, -0.1) is 11.8 Å². The van der Waals surface area contributed by atoms with E-state index in [2.05, 4.69) is 22.8 Å². The van der Waals surface area contributed by atoms with Crippen molar-refractivity contribution in [2.45, 2.75) is 55.7 Å². The van der Waals surface area contributed by atoms with Crippen LogP contribution in [-0.2, 0) is 0 Å². The van der Waals surface area contributed by atoms with Crippen LogP contribution in [0.25, 0.3) is 0 Å². The third-order valence-corrected chi connectivity index (χ3v) is 6.27. The minimum atomic E-state index is 0.234. The number of hydrogen-bond acceptors (Lipinski definition) is 3. The van der Waals surface area contributed by atoms with Gasteiger partial charge in [-0.2, -0.15) is 0 Å². The number of hydrogen-bond donors (Lipinski definition) is 0. The Morgan fingerprint density at radius 2 is 1.91 bits per heavy atom. The lowest BCUT2D eigenvalue weighted by molar-refractivity contribution is 0.0691. The minimum Gasteiger partial charge on any atom is -0.325 e. The minimum absolute atomic E-state index is 0.234. The van der Waals surface area contributed by atoms with E-state index in [9.17, 15) is 4.79 Å². The Morgan fingerprint density at radius 1 is 1.13 bits per heavy atom. The van der Waals surface area contributed by atoms with Crippen LogP contribution in [0, 0.1) is 0 Å². The van der Waals surface area contributed by atoms with Crippen molar-refractivity contribution in [3.8, 4) is 0 Å². The van der Waals surface area contributed by atoms with Gasteiger partial charge in [0.15, 0.2) is 0 Å². The molecule has 0 spiro atoms. The maximum absolute atomic E-state index is 13.0. The summed E-state index contributed by atoms with van der Waals surface area (Å²) < 4.78 is 0. The fraction of sp³-hybridized carbons (Fsp3) is 0.632.